The molecule has 0 aliphatic carbocycles. The fraction of sp³-hybridized carbons (Fsp3) is 0. The number of hydrogen-bond acceptors (Lipinski definition) is 5. The number of thioether (sulfide) groups is 1. The lowest BCUT2D eigenvalue weighted by Crippen LogP contribution is -2.27. The van der Waals surface area contributed by atoms with Gasteiger partial charge in [-0.3, -0.25) is 19.7 Å². The van der Waals surface area contributed by atoms with Crippen LogP contribution in [-0.4, -0.2) is 20.6 Å². The van der Waals surface area contributed by atoms with Crippen LogP contribution in [0.4, 0.5) is 16.2 Å². The van der Waals surface area contributed by atoms with E-state index >= 15 is 0 Å². The highest BCUT2D eigenvalue weighted by Gasteiger charge is 2.36. The van der Waals surface area contributed by atoms with Crippen molar-refractivity contribution >= 4 is 40.4 Å². The molecule has 1 saturated heterocycles. The van der Waals surface area contributed by atoms with Crippen molar-refractivity contribution in [1.29, 1.82) is 0 Å². The summed E-state index contributed by atoms with van der Waals surface area (Å²) < 4.78 is 1.73. The SMILES string of the molecule is O=C1SC(=Cc2cccn2-c2cccc([N+](=O)[O-])c2)C(=O)N1c1ccccc1. The van der Waals surface area contributed by atoms with Crippen molar-refractivity contribution in [3.8, 4) is 5.69 Å². The maximum absolute atomic E-state index is 12.8. The summed E-state index contributed by atoms with van der Waals surface area (Å²) in [6, 6.07) is 18.5. The summed E-state index contributed by atoms with van der Waals surface area (Å²) in [6.45, 7) is 0. The molecule has 8 heteroatoms. The number of rotatable bonds is 4. The van der Waals surface area contributed by atoms with Gasteiger partial charge in [0.05, 0.1) is 21.2 Å². The van der Waals surface area contributed by atoms with Crippen molar-refractivity contribution in [3.63, 3.8) is 0 Å². The number of nitrogens with zero attached hydrogens (tertiary/aromatic N) is 3. The predicted octanol–water partition coefficient (Wildman–Crippen LogP) is 4.63. The summed E-state index contributed by atoms with van der Waals surface area (Å²) in [5, 5.41) is 10.7. The topological polar surface area (TPSA) is 85.5 Å². The molecule has 7 nitrogen and oxygen atoms in total. The van der Waals surface area contributed by atoms with Crippen LogP contribution in [-0.2, 0) is 4.79 Å². The van der Waals surface area contributed by atoms with Crippen LogP contribution >= 0.6 is 11.8 Å². The lowest BCUT2D eigenvalue weighted by atomic mass is 10.2. The lowest BCUT2D eigenvalue weighted by molar-refractivity contribution is -0.384. The van der Waals surface area contributed by atoms with Crippen LogP contribution in [0.1, 0.15) is 5.69 Å². The van der Waals surface area contributed by atoms with E-state index < -0.39 is 10.8 Å². The van der Waals surface area contributed by atoms with Gasteiger partial charge in [-0.05, 0) is 48.2 Å². The zero-order valence-corrected chi connectivity index (χ0v) is 15.2. The van der Waals surface area contributed by atoms with E-state index in [2.05, 4.69) is 0 Å². The number of nitro groups is 1. The number of imide groups is 1. The van der Waals surface area contributed by atoms with Gasteiger partial charge in [-0.2, -0.15) is 0 Å². The van der Waals surface area contributed by atoms with E-state index in [0.29, 0.717) is 22.0 Å². The number of hydrogen-bond donors (Lipinski definition) is 0. The Balaban J connectivity index is 1.69. The second-order valence-electron chi connectivity index (χ2n) is 5.93. The first kappa shape index (κ1) is 17.7. The molecule has 1 aliphatic rings. The Labute approximate surface area is 164 Å². The molecule has 28 heavy (non-hydrogen) atoms. The van der Waals surface area contributed by atoms with E-state index in [4.69, 9.17) is 0 Å². The standard InChI is InChI=1S/C20H13N3O4S/c24-19-18(28-20(25)22(19)14-6-2-1-3-7-14)13-16-10-5-11-21(16)15-8-4-9-17(12-15)23(26)27/h1-13H. The quantitative estimate of drug-likeness (QED) is 0.368. The average molecular weight is 391 g/mol. The number of amides is 2. The first-order valence-corrected chi connectivity index (χ1v) is 9.11. The predicted molar refractivity (Wildman–Crippen MR) is 107 cm³/mol. The van der Waals surface area contributed by atoms with Crippen molar-refractivity contribution in [3.05, 3.63) is 93.6 Å². The maximum atomic E-state index is 12.8. The Bertz CT molecular complexity index is 1120. The molecular weight excluding hydrogens is 378 g/mol. The van der Waals surface area contributed by atoms with Gasteiger partial charge in [0.2, 0.25) is 0 Å². The Morgan fingerprint density at radius 3 is 2.43 bits per heavy atom. The zero-order valence-electron chi connectivity index (χ0n) is 14.4. The van der Waals surface area contributed by atoms with E-state index in [0.717, 1.165) is 16.7 Å². The largest absolute Gasteiger partial charge is 0.317 e. The minimum atomic E-state index is -0.460. The van der Waals surface area contributed by atoms with Crippen molar-refractivity contribution in [2.75, 3.05) is 4.90 Å². The van der Waals surface area contributed by atoms with Gasteiger partial charge in [-0.25, -0.2) is 4.90 Å². The van der Waals surface area contributed by atoms with Crippen molar-refractivity contribution in [1.82, 2.24) is 4.57 Å². The van der Waals surface area contributed by atoms with E-state index in [1.807, 2.05) is 6.07 Å². The molecule has 2 amide bonds. The van der Waals surface area contributed by atoms with Crippen molar-refractivity contribution in [2.45, 2.75) is 0 Å². The Morgan fingerprint density at radius 1 is 0.929 bits per heavy atom. The van der Waals surface area contributed by atoms with E-state index in [9.17, 15) is 19.7 Å². The van der Waals surface area contributed by atoms with Crippen LogP contribution in [0, 0.1) is 10.1 Å². The van der Waals surface area contributed by atoms with Crippen LogP contribution in [0.3, 0.4) is 0 Å². The smallest absolute Gasteiger partial charge is 0.298 e. The summed E-state index contributed by atoms with van der Waals surface area (Å²) in [5.41, 5.74) is 1.72. The minimum Gasteiger partial charge on any atom is -0.317 e. The van der Waals surface area contributed by atoms with Crippen LogP contribution in [0.25, 0.3) is 11.8 Å². The molecule has 1 fully saturated rings. The van der Waals surface area contributed by atoms with Gasteiger partial charge >= 0.3 is 0 Å². The highest BCUT2D eigenvalue weighted by Crippen LogP contribution is 2.36. The Hall–Kier alpha value is -3.65. The number of anilines is 1. The summed E-state index contributed by atoms with van der Waals surface area (Å²) in [5.74, 6) is -0.395. The molecule has 3 aromatic rings. The van der Waals surface area contributed by atoms with E-state index in [1.165, 1.54) is 12.1 Å². The molecule has 0 saturated carbocycles. The van der Waals surface area contributed by atoms with Gasteiger partial charge in [0.15, 0.2) is 0 Å². The molecule has 0 atom stereocenters. The van der Waals surface area contributed by atoms with Crippen LogP contribution in [0.15, 0.2) is 77.8 Å². The van der Waals surface area contributed by atoms with Gasteiger partial charge in [0.1, 0.15) is 0 Å². The first-order chi connectivity index (χ1) is 13.5. The third kappa shape index (κ3) is 3.21. The highest BCUT2D eigenvalue weighted by atomic mass is 32.2. The molecule has 0 spiro atoms. The lowest BCUT2D eigenvalue weighted by Gasteiger charge is -2.11. The number of carbonyl (C=O) groups is 2. The molecular formula is C20H13N3O4S. The number of aromatic nitrogens is 1. The molecule has 4 rings (SSSR count). The van der Waals surface area contributed by atoms with Crippen LogP contribution in [0.5, 0.6) is 0 Å². The molecule has 0 radical (unpaired) electrons. The van der Waals surface area contributed by atoms with Gasteiger partial charge < -0.3 is 4.57 Å². The summed E-state index contributed by atoms with van der Waals surface area (Å²) in [4.78, 5) is 37.1. The highest BCUT2D eigenvalue weighted by molar-refractivity contribution is 8.19. The third-order valence-corrected chi connectivity index (χ3v) is 5.06. The number of nitro benzene ring substituents is 1. The normalized spacial score (nSPS) is 15.4. The van der Waals surface area contributed by atoms with Gasteiger partial charge in [-0.1, -0.05) is 24.3 Å². The van der Waals surface area contributed by atoms with Crippen molar-refractivity contribution < 1.29 is 14.5 Å². The summed E-state index contributed by atoms with van der Waals surface area (Å²) >= 11 is 0.864. The second-order valence-corrected chi connectivity index (χ2v) is 6.93. The molecule has 0 bridgehead atoms. The summed E-state index contributed by atoms with van der Waals surface area (Å²) in [6.07, 6.45) is 3.36. The summed E-state index contributed by atoms with van der Waals surface area (Å²) in [7, 11) is 0. The number of para-hydroxylation sites is 1. The van der Waals surface area contributed by atoms with Crippen molar-refractivity contribution in [2.24, 2.45) is 0 Å². The van der Waals surface area contributed by atoms with Crippen LogP contribution < -0.4 is 4.90 Å². The molecule has 2 heterocycles. The molecule has 138 valence electrons. The Morgan fingerprint density at radius 2 is 1.68 bits per heavy atom. The van der Waals surface area contributed by atoms with E-state index in [-0.39, 0.29) is 10.9 Å². The molecule has 0 N–H and O–H groups in total. The van der Waals surface area contributed by atoms with Crippen LogP contribution in [0.2, 0.25) is 0 Å². The average Bonchev–Trinajstić information content (AvgIpc) is 3.27. The maximum Gasteiger partial charge on any atom is 0.298 e. The zero-order chi connectivity index (χ0) is 19.7. The number of benzene rings is 2. The fourth-order valence-electron chi connectivity index (χ4n) is 2.90. The van der Waals surface area contributed by atoms with Gasteiger partial charge in [-0.15, -0.1) is 0 Å². The molecule has 0 unspecified atom stereocenters. The second kappa shape index (κ2) is 7.16. The fourth-order valence-corrected chi connectivity index (χ4v) is 3.73. The minimum absolute atomic E-state index is 0.0263. The third-order valence-electron chi connectivity index (χ3n) is 4.19. The van der Waals surface area contributed by atoms with Gasteiger partial charge in [0.25, 0.3) is 16.8 Å². The number of carbonyl (C=O) groups excluding carboxylic acids is 2. The Kier molecular flexibility index (Phi) is 4.54. The number of non-ortho nitro benzene ring substituents is 1. The van der Waals surface area contributed by atoms with E-state index in [1.54, 1.807) is 65.4 Å². The monoisotopic (exact) mass is 391 g/mol. The van der Waals surface area contributed by atoms with Gasteiger partial charge in [0, 0.05) is 24.0 Å². The first-order valence-electron chi connectivity index (χ1n) is 8.30. The molecule has 1 aromatic heterocycles. The molecule has 2 aromatic carbocycles. The molecule has 1 aliphatic heterocycles.